The number of nitrogens with zero attached hydrogens (tertiary/aromatic N) is 2. The Balaban J connectivity index is 1.60. The molecule has 3 aliphatic rings. The Morgan fingerprint density at radius 3 is 2.60 bits per heavy atom. The summed E-state index contributed by atoms with van der Waals surface area (Å²) in [6, 6.07) is 6.10. The summed E-state index contributed by atoms with van der Waals surface area (Å²) < 4.78 is 5.67. The SMILES string of the molecule is Cc1cccc(CN(C(=O)C2C3C=CCC3CN2C(=O)OC(C)(C)C)C2CC2)c1C. The lowest BCUT2D eigenvalue weighted by Crippen LogP contribution is -2.51. The van der Waals surface area contributed by atoms with E-state index in [0.717, 1.165) is 19.3 Å². The van der Waals surface area contributed by atoms with Crippen molar-refractivity contribution in [3.05, 3.63) is 47.0 Å². The van der Waals surface area contributed by atoms with Gasteiger partial charge in [0.15, 0.2) is 0 Å². The largest absolute Gasteiger partial charge is 0.444 e. The third-order valence-electron chi connectivity index (χ3n) is 6.68. The summed E-state index contributed by atoms with van der Waals surface area (Å²) in [4.78, 5) is 30.6. The number of hydrogen-bond acceptors (Lipinski definition) is 3. The molecule has 0 radical (unpaired) electrons. The summed E-state index contributed by atoms with van der Waals surface area (Å²) >= 11 is 0. The summed E-state index contributed by atoms with van der Waals surface area (Å²) in [7, 11) is 0. The Morgan fingerprint density at radius 1 is 1.20 bits per heavy atom. The van der Waals surface area contributed by atoms with Crippen LogP contribution in [0.5, 0.6) is 0 Å². The van der Waals surface area contributed by atoms with Crippen molar-refractivity contribution in [1.82, 2.24) is 9.80 Å². The third kappa shape index (κ3) is 4.12. The topological polar surface area (TPSA) is 49.9 Å². The number of aryl methyl sites for hydroxylation is 1. The molecular formula is C25H34N2O3. The molecule has 0 spiro atoms. The summed E-state index contributed by atoms with van der Waals surface area (Å²) in [5.41, 5.74) is 3.10. The summed E-state index contributed by atoms with van der Waals surface area (Å²) in [6.07, 6.45) is 6.94. The number of ether oxygens (including phenoxy) is 1. The Bertz CT molecular complexity index is 866. The van der Waals surface area contributed by atoms with E-state index >= 15 is 0 Å². The van der Waals surface area contributed by atoms with Crippen molar-refractivity contribution < 1.29 is 14.3 Å². The molecule has 1 aromatic rings. The van der Waals surface area contributed by atoms with Crippen LogP contribution >= 0.6 is 0 Å². The van der Waals surface area contributed by atoms with Gasteiger partial charge in [-0.15, -0.1) is 0 Å². The van der Waals surface area contributed by atoms with Crippen LogP contribution < -0.4 is 0 Å². The first-order chi connectivity index (χ1) is 14.2. The second-order valence-corrected chi connectivity index (χ2v) is 10.1. The summed E-state index contributed by atoms with van der Waals surface area (Å²) in [5, 5.41) is 0. The maximum Gasteiger partial charge on any atom is 0.411 e. The maximum atomic E-state index is 13.9. The van der Waals surface area contributed by atoms with Gasteiger partial charge in [-0.05, 0) is 76.5 Å². The molecule has 3 atom stereocenters. The lowest BCUT2D eigenvalue weighted by Gasteiger charge is -2.33. The fraction of sp³-hybridized carbons (Fsp3) is 0.600. The highest BCUT2D eigenvalue weighted by molar-refractivity contribution is 5.88. The van der Waals surface area contributed by atoms with Gasteiger partial charge in [0.05, 0.1) is 0 Å². The molecule has 1 aromatic carbocycles. The van der Waals surface area contributed by atoms with Gasteiger partial charge in [0, 0.05) is 25.0 Å². The molecule has 2 fully saturated rings. The molecule has 3 unspecified atom stereocenters. The standard InChI is InChI=1S/C25H34N2O3/c1-16-8-6-9-18(17(16)2)14-26(20-12-13-20)23(28)22-21-11-7-10-19(21)15-27(22)24(29)30-25(3,4)5/h6-9,11,19-22H,10,12-15H2,1-5H3. The molecule has 4 rings (SSSR count). The van der Waals surface area contributed by atoms with Crippen molar-refractivity contribution in [3.8, 4) is 0 Å². The fourth-order valence-electron chi connectivity index (χ4n) is 4.77. The molecule has 2 aliphatic carbocycles. The van der Waals surface area contributed by atoms with E-state index in [2.05, 4.69) is 44.2 Å². The average Bonchev–Trinajstić information content (AvgIpc) is 3.27. The van der Waals surface area contributed by atoms with Crippen molar-refractivity contribution >= 4 is 12.0 Å². The van der Waals surface area contributed by atoms with Crippen LogP contribution in [0.15, 0.2) is 30.4 Å². The van der Waals surface area contributed by atoms with Crippen molar-refractivity contribution in [2.24, 2.45) is 11.8 Å². The zero-order valence-electron chi connectivity index (χ0n) is 18.9. The number of carbonyl (C=O) groups is 2. The minimum Gasteiger partial charge on any atom is -0.444 e. The monoisotopic (exact) mass is 410 g/mol. The first kappa shape index (κ1) is 21.0. The summed E-state index contributed by atoms with van der Waals surface area (Å²) in [5.74, 6) is 0.474. The highest BCUT2D eigenvalue weighted by atomic mass is 16.6. The Hall–Kier alpha value is -2.30. The molecule has 162 valence electrons. The average molecular weight is 411 g/mol. The van der Waals surface area contributed by atoms with Crippen molar-refractivity contribution in [1.29, 1.82) is 0 Å². The maximum absolute atomic E-state index is 13.9. The van der Waals surface area contributed by atoms with Crippen LogP contribution in [0.4, 0.5) is 4.79 Å². The van der Waals surface area contributed by atoms with E-state index in [1.807, 2.05) is 25.7 Å². The molecule has 30 heavy (non-hydrogen) atoms. The number of allylic oxidation sites excluding steroid dienone is 1. The lowest BCUT2D eigenvalue weighted by molar-refractivity contribution is -0.138. The van der Waals surface area contributed by atoms with Gasteiger partial charge in [-0.1, -0.05) is 30.4 Å². The minimum absolute atomic E-state index is 0.0725. The number of rotatable bonds is 4. The van der Waals surface area contributed by atoms with Gasteiger partial charge in [-0.2, -0.15) is 0 Å². The van der Waals surface area contributed by atoms with Gasteiger partial charge in [0.1, 0.15) is 11.6 Å². The quantitative estimate of drug-likeness (QED) is 0.682. The van der Waals surface area contributed by atoms with Crippen molar-refractivity contribution in [3.63, 3.8) is 0 Å². The first-order valence-corrected chi connectivity index (χ1v) is 11.2. The van der Waals surface area contributed by atoms with Gasteiger partial charge in [0.2, 0.25) is 5.91 Å². The second-order valence-electron chi connectivity index (χ2n) is 10.1. The number of hydrogen-bond donors (Lipinski definition) is 0. The zero-order chi connectivity index (χ0) is 21.6. The molecule has 1 heterocycles. The normalized spacial score (nSPS) is 25.4. The molecular weight excluding hydrogens is 376 g/mol. The van der Waals surface area contributed by atoms with E-state index in [1.165, 1.54) is 16.7 Å². The number of fused-ring (bicyclic) bond motifs is 1. The van der Waals surface area contributed by atoms with Crippen LogP contribution in [0.2, 0.25) is 0 Å². The Labute approximate surface area is 180 Å². The van der Waals surface area contributed by atoms with Crippen LogP contribution in [0.1, 0.15) is 56.7 Å². The molecule has 0 aromatic heterocycles. The van der Waals surface area contributed by atoms with Crippen molar-refractivity contribution in [2.45, 2.75) is 78.1 Å². The van der Waals surface area contributed by atoms with Crippen LogP contribution in [0, 0.1) is 25.7 Å². The predicted octanol–water partition coefficient (Wildman–Crippen LogP) is 4.61. The molecule has 2 amide bonds. The smallest absolute Gasteiger partial charge is 0.411 e. The van der Waals surface area contributed by atoms with Crippen LogP contribution in [0.3, 0.4) is 0 Å². The number of carbonyl (C=O) groups excluding carboxylic acids is 2. The van der Waals surface area contributed by atoms with Gasteiger partial charge in [0.25, 0.3) is 0 Å². The lowest BCUT2D eigenvalue weighted by atomic mass is 9.93. The second kappa shape index (κ2) is 7.75. The van der Waals surface area contributed by atoms with E-state index < -0.39 is 11.6 Å². The number of amides is 2. The van der Waals surface area contributed by atoms with Gasteiger partial charge < -0.3 is 9.64 Å². The van der Waals surface area contributed by atoms with Crippen LogP contribution in [0.25, 0.3) is 0 Å². The predicted molar refractivity (Wildman–Crippen MR) is 117 cm³/mol. The van der Waals surface area contributed by atoms with E-state index in [0.29, 0.717) is 19.0 Å². The van der Waals surface area contributed by atoms with E-state index in [4.69, 9.17) is 4.74 Å². The number of benzene rings is 1. The van der Waals surface area contributed by atoms with Crippen LogP contribution in [-0.4, -0.2) is 46.0 Å². The molecule has 1 saturated carbocycles. The van der Waals surface area contributed by atoms with Crippen molar-refractivity contribution in [2.75, 3.05) is 6.54 Å². The highest BCUT2D eigenvalue weighted by Gasteiger charge is 2.51. The molecule has 0 bridgehead atoms. The summed E-state index contributed by atoms with van der Waals surface area (Å²) in [6.45, 7) is 11.0. The fourth-order valence-corrected chi connectivity index (χ4v) is 4.77. The van der Waals surface area contributed by atoms with E-state index in [-0.39, 0.29) is 24.0 Å². The van der Waals surface area contributed by atoms with Gasteiger partial charge >= 0.3 is 6.09 Å². The zero-order valence-corrected chi connectivity index (χ0v) is 18.9. The van der Waals surface area contributed by atoms with E-state index in [9.17, 15) is 9.59 Å². The Morgan fingerprint density at radius 2 is 1.93 bits per heavy atom. The van der Waals surface area contributed by atoms with Crippen LogP contribution in [-0.2, 0) is 16.1 Å². The molecule has 1 aliphatic heterocycles. The number of likely N-dealkylation sites (tertiary alicyclic amines) is 1. The minimum atomic E-state index is -0.576. The highest BCUT2D eigenvalue weighted by Crippen LogP contribution is 2.41. The Kier molecular flexibility index (Phi) is 5.41. The molecule has 5 nitrogen and oxygen atoms in total. The molecule has 0 N–H and O–H groups in total. The first-order valence-electron chi connectivity index (χ1n) is 11.2. The molecule has 1 saturated heterocycles. The third-order valence-corrected chi connectivity index (χ3v) is 6.68. The van der Waals surface area contributed by atoms with E-state index in [1.54, 1.807) is 4.90 Å². The van der Waals surface area contributed by atoms with Gasteiger partial charge in [-0.25, -0.2) is 4.79 Å². The molecule has 5 heteroatoms. The van der Waals surface area contributed by atoms with Gasteiger partial charge in [-0.3, -0.25) is 9.69 Å².